The normalized spacial score (nSPS) is 11.4. The van der Waals surface area contributed by atoms with E-state index in [2.05, 4.69) is 6.58 Å². The van der Waals surface area contributed by atoms with E-state index in [9.17, 15) is 13.2 Å². The van der Waals surface area contributed by atoms with Crippen molar-refractivity contribution < 1.29 is 13.2 Å². The fraction of sp³-hybridized carbons (Fsp3) is 0.500. The molecule has 0 saturated heterocycles. The largest absolute Gasteiger partial charge is 0.389 e. The second-order valence-corrected chi connectivity index (χ2v) is 1.63. The third-order valence-corrected chi connectivity index (χ3v) is 0.761. The zero-order valence-corrected chi connectivity index (χ0v) is 4.91. The monoisotopic (exact) mass is 137 g/mol. The molecular formula is C6H8F3. The van der Waals surface area contributed by atoms with Gasteiger partial charge in [0.1, 0.15) is 0 Å². The first-order valence-corrected chi connectivity index (χ1v) is 2.57. The third-order valence-electron chi connectivity index (χ3n) is 0.761. The van der Waals surface area contributed by atoms with Gasteiger partial charge in [-0.1, -0.05) is 6.08 Å². The molecule has 0 aliphatic carbocycles. The average Bonchev–Trinajstić information content (AvgIpc) is 1.63. The first-order valence-electron chi connectivity index (χ1n) is 2.57. The summed E-state index contributed by atoms with van der Waals surface area (Å²) in [6.45, 7) is 3.26. The van der Waals surface area contributed by atoms with Crippen molar-refractivity contribution >= 4 is 0 Å². The SMILES string of the molecule is C=C[CH]CCC(F)(F)F. The molecule has 0 heterocycles. The Morgan fingerprint density at radius 1 is 1.33 bits per heavy atom. The summed E-state index contributed by atoms with van der Waals surface area (Å²) in [5, 5.41) is 0. The molecule has 0 spiro atoms. The number of rotatable bonds is 3. The van der Waals surface area contributed by atoms with E-state index < -0.39 is 12.6 Å². The quantitative estimate of drug-likeness (QED) is 0.524. The van der Waals surface area contributed by atoms with Crippen LogP contribution >= 0.6 is 0 Å². The van der Waals surface area contributed by atoms with Gasteiger partial charge in [0.15, 0.2) is 0 Å². The van der Waals surface area contributed by atoms with E-state index in [1.165, 1.54) is 12.5 Å². The molecule has 0 rings (SSSR count). The summed E-state index contributed by atoms with van der Waals surface area (Å²) in [5.41, 5.74) is 0. The number of alkyl halides is 3. The lowest BCUT2D eigenvalue weighted by Crippen LogP contribution is -2.05. The maximum atomic E-state index is 11.3. The Kier molecular flexibility index (Phi) is 3.35. The molecular weight excluding hydrogens is 129 g/mol. The molecule has 0 aliphatic heterocycles. The maximum Gasteiger partial charge on any atom is 0.389 e. The molecule has 0 unspecified atom stereocenters. The first-order chi connectivity index (χ1) is 4.06. The third kappa shape index (κ3) is 7.53. The van der Waals surface area contributed by atoms with Crippen molar-refractivity contribution in [3.63, 3.8) is 0 Å². The van der Waals surface area contributed by atoms with Gasteiger partial charge in [0, 0.05) is 6.42 Å². The Hall–Kier alpha value is -0.470. The van der Waals surface area contributed by atoms with Crippen LogP contribution in [0.3, 0.4) is 0 Å². The highest BCUT2D eigenvalue weighted by Crippen LogP contribution is 2.21. The summed E-state index contributed by atoms with van der Waals surface area (Å²) < 4.78 is 34.0. The molecule has 53 valence electrons. The fourth-order valence-electron chi connectivity index (χ4n) is 0.365. The number of hydrogen-bond donors (Lipinski definition) is 0. The number of hydrogen-bond acceptors (Lipinski definition) is 0. The zero-order valence-electron chi connectivity index (χ0n) is 4.91. The highest BCUT2D eigenvalue weighted by molar-refractivity contribution is 4.86. The summed E-state index contributed by atoms with van der Waals surface area (Å²) in [5.74, 6) is 0. The van der Waals surface area contributed by atoms with Gasteiger partial charge in [0.05, 0.1) is 0 Å². The van der Waals surface area contributed by atoms with Crippen LogP contribution in [0.25, 0.3) is 0 Å². The lowest BCUT2D eigenvalue weighted by Gasteiger charge is -2.02. The summed E-state index contributed by atoms with van der Waals surface area (Å²) in [6.07, 6.45) is -1.98. The number of allylic oxidation sites excluding steroid dienone is 1. The minimum Gasteiger partial charge on any atom is -0.171 e. The highest BCUT2D eigenvalue weighted by Gasteiger charge is 2.25. The van der Waals surface area contributed by atoms with Crippen LogP contribution in [0.4, 0.5) is 13.2 Å². The Bertz CT molecular complexity index is 82.8. The average molecular weight is 137 g/mol. The number of halogens is 3. The summed E-state index contributed by atoms with van der Waals surface area (Å²) >= 11 is 0. The van der Waals surface area contributed by atoms with Crippen molar-refractivity contribution in [1.29, 1.82) is 0 Å². The molecule has 0 aromatic heterocycles. The van der Waals surface area contributed by atoms with E-state index in [1.54, 1.807) is 0 Å². The van der Waals surface area contributed by atoms with E-state index in [0.717, 1.165) is 0 Å². The molecule has 1 radical (unpaired) electrons. The van der Waals surface area contributed by atoms with Crippen LogP contribution in [0.1, 0.15) is 12.8 Å². The van der Waals surface area contributed by atoms with Crippen molar-refractivity contribution in [2.24, 2.45) is 0 Å². The van der Waals surface area contributed by atoms with E-state index in [1.807, 2.05) is 0 Å². The van der Waals surface area contributed by atoms with Crippen LogP contribution in [0.2, 0.25) is 0 Å². The van der Waals surface area contributed by atoms with Crippen molar-refractivity contribution in [1.82, 2.24) is 0 Å². The maximum absolute atomic E-state index is 11.3. The van der Waals surface area contributed by atoms with Crippen LogP contribution in [0, 0.1) is 6.42 Å². The highest BCUT2D eigenvalue weighted by atomic mass is 19.4. The Balaban J connectivity index is 3.17. The van der Waals surface area contributed by atoms with Gasteiger partial charge >= 0.3 is 6.18 Å². The Morgan fingerprint density at radius 2 is 1.89 bits per heavy atom. The molecule has 0 aromatic rings. The van der Waals surface area contributed by atoms with Gasteiger partial charge in [-0.25, -0.2) is 0 Å². The molecule has 0 nitrogen and oxygen atoms in total. The second-order valence-electron chi connectivity index (χ2n) is 1.63. The van der Waals surface area contributed by atoms with Gasteiger partial charge in [-0.15, -0.1) is 6.58 Å². The van der Waals surface area contributed by atoms with Gasteiger partial charge in [0.25, 0.3) is 0 Å². The summed E-state index contributed by atoms with van der Waals surface area (Å²) in [7, 11) is 0. The molecule has 0 aliphatic rings. The van der Waals surface area contributed by atoms with Crippen LogP contribution in [0.15, 0.2) is 12.7 Å². The predicted molar refractivity (Wildman–Crippen MR) is 29.8 cm³/mol. The fourth-order valence-corrected chi connectivity index (χ4v) is 0.365. The van der Waals surface area contributed by atoms with Crippen molar-refractivity contribution in [2.45, 2.75) is 19.0 Å². The molecule has 0 fully saturated rings. The Morgan fingerprint density at radius 3 is 2.22 bits per heavy atom. The summed E-state index contributed by atoms with van der Waals surface area (Å²) in [4.78, 5) is 0. The first kappa shape index (κ1) is 8.53. The van der Waals surface area contributed by atoms with Gasteiger partial charge in [-0.05, 0) is 12.8 Å². The lowest BCUT2D eigenvalue weighted by atomic mass is 10.2. The number of unbranched alkanes of at least 4 members (excludes halogenated alkanes) is 1. The Labute approximate surface area is 52.4 Å². The molecule has 0 N–H and O–H groups in total. The van der Waals surface area contributed by atoms with Gasteiger partial charge in [0.2, 0.25) is 0 Å². The van der Waals surface area contributed by atoms with Crippen LogP contribution < -0.4 is 0 Å². The predicted octanol–water partition coefficient (Wildman–Crippen LogP) is 2.72. The molecule has 0 aromatic carbocycles. The van der Waals surface area contributed by atoms with E-state index >= 15 is 0 Å². The van der Waals surface area contributed by atoms with Gasteiger partial charge in [-0.2, -0.15) is 13.2 Å². The van der Waals surface area contributed by atoms with Crippen molar-refractivity contribution in [2.75, 3.05) is 0 Å². The second kappa shape index (κ2) is 3.54. The van der Waals surface area contributed by atoms with Gasteiger partial charge in [-0.3, -0.25) is 0 Å². The minimum absolute atomic E-state index is 0.0347. The van der Waals surface area contributed by atoms with E-state index in [4.69, 9.17) is 0 Å². The smallest absolute Gasteiger partial charge is 0.171 e. The molecule has 0 saturated carbocycles. The standard InChI is InChI=1S/C6H8F3/c1-2-3-4-5-6(7,8)9/h2-3H,1,4-5H2. The molecule has 0 amide bonds. The topological polar surface area (TPSA) is 0 Å². The van der Waals surface area contributed by atoms with E-state index in [0.29, 0.717) is 0 Å². The lowest BCUT2D eigenvalue weighted by molar-refractivity contribution is -0.133. The molecule has 9 heavy (non-hydrogen) atoms. The van der Waals surface area contributed by atoms with E-state index in [-0.39, 0.29) is 6.42 Å². The van der Waals surface area contributed by atoms with Crippen LogP contribution in [0.5, 0.6) is 0 Å². The van der Waals surface area contributed by atoms with Crippen molar-refractivity contribution in [3.8, 4) is 0 Å². The van der Waals surface area contributed by atoms with Crippen LogP contribution in [-0.2, 0) is 0 Å². The molecule has 3 heteroatoms. The minimum atomic E-state index is -4.03. The molecule has 0 bridgehead atoms. The summed E-state index contributed by atoms with van der Waals surface area (Å²) in [6, 6.07) is 0. The zero-order chi connectivity index (χ0) is 7.33. The van der Waals surface area contributed by atoms with Crippen LogP contribution in [-0.4, -0.2) is 6.18 Å². The van der Waals surface area contributed by atoms with Crippen molar-refractivity contribution in [3.05, 3.63) is 19.1 Å². The molecule has 0 atom stereocenters. The van der Waals surface area contributed by atoms with Gasteiger partial charge < -0.3 is 0 Å².